The summed E-state index contributed by atoms with van der Waals surface area (Å²) in [6.45, 7) is 10.9. The van der Waals surface area contributed by atoms with Crippen LogP contribution in [0.15, 0.2) is 0 Å². The van der Waals surface area contributed by atoms with Gasteiger partial charge in [0.25, 0.3) is 0 Å². The highest BCUT2D eigenvalue weighted by Crippen LogP contribution is 2.25. The van der Waals surface area contributed by atoms with Crippen molar-refractivity contribution in [1.82, 2.24) is 9.80 Å². The lowest BCUT2D eigenvalue weighted by Crippen LogP contribution is -2.51. The minimum Gasteiger partial charge on any atom is -0.327 e. The highest BCUT2D eigenvalue weighted by atomic mass is 15.3. The summed E-state index contributed by atoms with van der Waals surface area (Å²) >= 11 is 0. The molecule has 0 spiro atoms. The Morgan fingerprint density at radius 1 is 1.18 bits per heavy atom. The van der Waals surface area contributed by atoms with Crippen molar-refractivity contribution < 1.29 is 0 Å². The molecule has 3 unspecified atom stereocenters. The van der Waals surface area contributed by atoms with E-state index < -0.39 is 0 Å². The Bertz CT molecular complexity index is 224. The highest BCUT2D eigenvalue weighted by Gasteiger charge is 2.27. The maximum absolute atomic E-state index is 6.16. The average Bonchev–Trinajstić information content (AvgIpc) is 2.75. The first-order chi connectivity index (χ1) is 8.20. The van der Waals surface area contributed by atoms with E-state index in [-0.39, 0.29) is 0 Å². The third-order valence-electron chi connectivity index (χ3n) is 4.83. The SMILES string of the molecule is CCC(C)N1CCN(CC2CCCC2N)CC1. The minimum absolute atomic E-state index is 0.475. The lowest BCUT2D eigenvalue weighted by Gasteiger charge is -2.39. The van der Waals surface area contributed by atoms with Crippen molar-refractivity contribution in [3.63, 3.8) is 0 Å². The largest absolute Gasteiger partial charge is 0.327 e. The van der Waals surface area contributed by atoms with Crippen LogP contribution in [0.5, 0.6) is 0 Å². The molecule has 0 aromatic carbocycles. The van der Waals surface area contributed by atoms with E-state index in [1.54, 1.807) is 0 Å². The summed E-state index contributed by atoms with van der Waals surface area (Å²) in [6, 6.07) is 1.23. The molecule has 100 valence electrons. The summed E-state index contributed by atoms with van der Waals surface area (Å²) in [4.78, 5) is 5.26. The van der Waals surface area contributed by atoms with Gasteiger partial charge in [0.2, 0.25) is 0 Å². The monoisotopic (exact) mass is 239 g/mol. The van der Waals surface area contributed by atoms with Gasteiger partial charge in [0.15, 0.2) is 0 Å². The van der Waals surface area contributed by atoms with Gasteiger partial charge < -0.3 is 10.6 Å². The molecule has 1 heterocycles. The minimum atomic E-state index is 0.475. The van der Waals surface area contributed by atoms with Crippen molar-refractivity contribution in [2.45, 2.75) is 51.6 Å². The first-order valence-corrected chi connectivity index (χ1v) is 7.42. The van der Waals surface area contributed by atoms with Gasteiger partial charge in [-0.3, -0.25) is 4.90 Å². The van der Waals surface area contributed by atoms with Crippen molar-refractivity contribution in [3.8, 4) is 0 Å². The zero-order valence-electron chi connectivity index (χ0n) is 11.6. The second kappa shape index (κ2) is 6.17. The van der Waals surface area contributed by atoms with Gasteiger partial charge in [-0.1, -0.05) is 13.3 Å². The second-order valence-corrected chi connectivity index (χ2v) is 5.95. The fourth-order valence-electron chi connectivity index (χ4n) is 3.27. The fraction of sp³-hybridized carbons (Fsp3) is 1.00. The lowest BCUT2D eigenvalue weighted by atomic mass is 10.0. The number of nitrogens with two attached hydrogens (primary N) is 1. The molecule has 1 aliphatic heterocycles. The van der Waals surface area contributed by atoms with Crippen molar-refractivity contribution in [2.24, 2.45) is 11.7 Å². The molecule has 0 radical (unpaired) electrons. The van der Waals surface area contributed by atoms with Crippen molar-refractivity contribution in [3.05, 3.63) is 0 Å². The van der Waals surface area contributed by atoms with Crippen LogP contribution in [0.1, 0.15) is 39.5 Å². The zero-order valence-corrected chi connectivity index (χ0v) is 11.6. The van der Waals surface area contributed by atoms with E-state index in [4.69, 9.17) is 5.73 Å². The highest BCUT2D eigenvalue weighted by molar-refractivity contribution is 4.84. The molecule has 2 rings (SSSR count). The van der Waals surface area contributed by atoms with Crippen molar-refractivity contribution >= 4 is 0 Å². The molecule has 1 aliphatic carbocycles. The topological polar surface area (TPSA) is 32.5 Å². The summed E-state index contributed by atoms with van der Waals surface area (Å²) in [5.74, 6) is 0.769. The summed E-state index contributed by atoms with van der Waals surface area (Å²) in [7, 11) is 0. The summed E-state index contributed by atoms with van der Waals surface area (Å²) in [6.07, 6.45) is 5.22. The molecule has 3 heteroatoms. The van der Waals surface area contributed by atoms with Crippen LogP contribution >= 0.6 is 0 Å². The Kier molecular flexibility index (Phi) is 4.83. The standard InChI is InChI=1S/C14H29N3/c1-3-12(2)17-9-7-16(8-10-17)11-13-5-4-6-14(13)15/h12-14H,3-11,15H2,1-2H3. The fourth-order valence-corrected chi connectivity index (χ4v) is 3.27. The van der Waals surface area contributed by atoms with Gasteiger partial charge in [-0.25, -0.2) is 0 Å². The van der Waals surface area contributed by atoms with Crippen LogP contribution in [0.2, 0.25) is 0 Å². The molecule has 17 heavy (non-hydrogen) atoms. The molecular formula is C14H29N3. The maximum atomic E-state index is 6.16. The van der Waals surface area contributed by atoms with E-state index in [2.05, 4.69) is 23.6 Å². The first-order valence-electron chi connectivity index (χ1n) is 7.42. The summed E-state index contributed by atoms with van der Waals surface area (Å²) in [5.41, 5.74) is 6.16. The van der Waals surface area contributed by atoms with E-state index in [9.17, 15) is 0 Å². The molecular weight excluding hydrogens is 210 g/mol. The number of nitrogens with zero attached hydrogens (tertiary/aromatic N) is 2. The van der Waals surface area contributed by atoms with Gasteiger partial charge in [0.05, 0.1) is 0 Å². The van der Waals surface area contributed by atoms with Gasteiger partial charge in [-0.15, -0.1) is 0 Å². The van der Waals surface area contributed by atoms with Gasteiger partial charge in [-0.05, 0) is 32.1 Å². The van der Waals surface area contributed by atoms with Crippen LogP contribution in [0.3, 0.4) is 0 Å². The average molecular weight is 239 g/mol. The Labute approximate surface area is 106 Å². The molecule has 0 aromatic heterocycles. The van der Waals surface area contributed by atoms with E-state index in [1.165, 1.54) is 58.4 Å². The van der Waals surface area contributed by atoms with Crippen LogP contribution in [0.4, 0.5) is 0 Å². The molecule has 1 saturated carbocycles. The molecule has 1 saturated heterocycles. The first kappa shape index (κ1) is 13.3. The molecule has 3 nitrogen and oxygen atoms in total. The van der Waals surface area contributed by atoms with Gasteiger partial charge in [0.1, 0.15) is 0 Å². The van der Waals surface area contributed by atoms with Crippen LogP contribution in [0, 0.1) is 5.92 Å². The second-order valence-electron chi connectivity index (χ2n) is 5.95. The van der Waals surface area contributed by atoms with Crippen LogP contribution in [-0.4, -0.2) is 54.6 Å². The third-order valence-corrected chi connectivity index (χ3v) is 4.83. The van der Waals surface area contributed by atoms with Gasteiger partial charge in [0, 0.05) is 44.8 Å². The molecule has 2 aliphatic rings. The summed E-state index contributed by atoms with van der Waals surface area (Å²) in [5, 5.41) is 0. The third kappa shape index (κ3) is 3.43. The van der Waals surface area contributed by atoms with Crippen LogP contribution in [-0.2, 0) is 0 Å². The molecule has 2 N–H and O–H groups in total. The molecule has 0 amide bonds. The Morgan fingerprint density at radius 2 is 1.88 bits per heavy atom. The predicted octanol–water partition coefficient (Wildman–Crippen LogP) is 1.53. The molecule has 2 fully saturated rings. The number of hydrogen-bond donors (Lipinski definition) is 1. The van der Waals surface area contributed by atoms with Gasteiger partial charge in [-0.2, -0.15) is 0 Å². The number of rotatable bonds is 4. The Morgan fingerprint density at radius 3 is 2.41 bits per heavy atom. The molecule has 3 atom stereocenters. The molecule has 0 bridgehead atoms. The van der Waals surface area contributed by atoms with Crippen LogP contribution in [0.25, 0.3) is 0 Å². The van der Waals surface area contributed by atoms with Crippen LogP contribution < -0.4 is 5.73 Å². The number of hydrogen-bond acceptors (Lipinski definition) is 3. The predicted molar refractivity (Wildman–Crippen MR) is 73.1 cm³/mol. The normalized spacial score (nSPS) is 34.1. The smallest absolute Gasteiger partial charge is 0.0113 e. The summed E-state index contributed by atoms with van der Waals surface area (Å²) < 4.78 is 0. The molecule has 0 aromatic rings. The van der Waals surface area contributed by atoms with E-state index in [0.29, 0.717) is 6.04 Å². The van der Waals surface area contributed by atoms with E-state index in [0.717, 1.165) is 12.0 Å². The van der Waals surface area contributed by atoms with Crippen molar-refractivity contribution in [2.75, 3.05) is 32.7 Å². The maximum Gasteiger partial charge on any atom is 0.0113 e. The van der Waals surface area contributed by atoms with Gasteiger partial charge >= 0.3 is 0 Å². The lowest BCUT2D eigenvalue weighted by molar-refractivity contribution is 0.0888. The zero-order chi connectivity index (χ0) is 12.3. The van der Waals surface area contributed by atoms with Crippen molar-refractivity contribution in [1.29, 1.82) is 0 Å². The van der Waals surface area contributed by atoms with E-state index in [1.807, 2.05) is 0 Å². The Hall–Kier alpha value is -0.120. The number of piperazine rings is 1. The Balaban J connectivity index is 1.72. The van der Waals surface area contributed by atoms with E-state index >= 15 is 0 Å². The quantitative estimate of drug-likeness (QED) is 0.807.